The Hall–Kier alpha value is -7.52. The molecule has 8 aromatic rings. The van der Waals surface area contributed by atoms with Crippen molar-refractivity contribution < 1.29 is 23.5 Å². The Morgan fingerprint density at radius 3 is 2.08 bits per heavy atom. The number of fused-ring (bicyclic) bond motifs is 4. The lowest BCUT2D eigenvalue weighted by Crippen LogP contribution is -2.38. The van der Waals surface area contributed by atoms with E-state index in [1.165, 1.54) is 12.1 Å². The summed E-state index contributed by atoms with van der Waals surface area (Å²) >= 11 is 6.19. The van der Waals surface area contributed by atoms with Crippen molar-refractivity contribution in [2.45, 2.75) is 32.9 Å². The molecule has 4 aromatic heterocycles. The number of H-pyrrole nitrogens is 1. The third-order valence-electron chi connectivity index (χ3n) is 10.7. The summed E-state index contributed by atoms with van der Waals surface area (Å²) in [6, 6.07) is 28.4. The summed E-state index contributed by atoms with van der Waals surface area (Å²) < 4.78 is 26.8. The molecule has 0 bridgehead atoms. The van der Waals surface area contributed by atoms with Gasteiger partial charge in [0.05, 0.1) is 18.1 Å². The number of carbonyl (C=O) groups is 2. The number of carbonyl (C=O) groups excluding carboxylic acids is 2. The fourth-order valence-electron chi connectivity index (χ4n) is 7.64. The Balaban J connectivity index is 0.899. The number of benzene rings is 4. The van der Waals surface area contributed by atoms with Crippen molar-refractivity contribution in [2.75, 3.05) is 17.7 Å². The zero-order valence-corrected chi connectivity index (χ0v) is 32.7. The topological polar surface area (TPSA) is 155 Å². The van der Waals surface area contributed by atoms with Gasteiger partial charge in [0, 0.05) is 89.0 Å². The number of aromatic nitrogens is 6. The molecule has 4 aromatic carbocycles. The van der Waals surface area contributed by atoms with Crippen LogP contribution in [0.15, 0.2) is 109 Å². The molecule has 2 aliphatic heterocycles. The standard InChI is InChI=1S/C44H34ClFN10O4/c1-59-39-11-7-28(19-47-39)42-34-15-30-23-54(20-25-5-9-32(46)10-6-25)44(58)50-36(30)17-38(34)56(53-42)24-60-40-12-8-27(18-48-40)41-33-14-29-22-55(21-26-3-2-4-31(45)13-26)43(57)49-35(29)16-37(33)51-52-41/h2-19H,20-24H2,1H3,(H,49,57)(H,50,58)(H,51,52). The highest BCUT2D eigenvalue weighted by Crippen LogP contribution is 2.37. The van der Waals surface area contributed by atoms with Crippen LogP contribution in [0.5, 0.6) is 11.8 Å². The van der Waals surface area contributed by atoms with Gasteiger partial charge < -0.3 is 29.9 Å². The number of pyridine rings is 2. The van der Waals surface area contributed by atoms with Gasteiger partial charge in [0.25, 0.3) is 0 Å². The van der Waals surface area contributed by atoms with Crippen LogP contribution in [0.3, 0.4) is 0 Å². The monoisotopic (exact) mass is 820 g/mol. The van der Waals surface area contributed by atoms with Crippen molar-refractivity contribution in [3.63, 3.8) is 0 Å². The van der Waals surface area contributed by atoms with E-state index in [9.17, 15) is 14.0 Å². The van der Waals surface area contributed by atoms with Gasteiger partial charge in [-0.15, -0.1) is 0 Å². The van der Waals surface area contributed by atoms with Crippen LogP contribution in [0.1, 0.15) is 22.3 Å². The third-order valence-corrected chi connectivity index (χ3v) is 10.9. The fourth-order valence-corrected chi connectivity index (χ4v) is 7.85. The number of methoxy groups -OCH3 is 1. The number of anilines is 2. The Bertz CT molecular complexity index is 2950. The molecule has 14 nitrogen and oxygen atoms in total. The maximum absolute atomic E-state index is 13.5. The average Bonchev–Trinajstić information content (AvgIpc) is 3.83. The number of amides is 4. The molecule has 0 saturated heterocycles. The molecule has 0 fully saturated rings. The van der Waals surface area contributed by atoms with Crippen LogP contribution >= 0.6 is 11.6 Å². The van der Waals surface area contributed by atoms with Crippen molar-refractivity contribution in [3.05, 3.63) is 143 Å². The number of urea groups is 2. The summed E-state index contributed by atoms with van der Waals surface area (Å²) in [7, 11) is 1.56. The van der Waals surface area contributed by atoms with Gasteiger partial charge in [-0.2, -0.15) is 10.2 Å². The zero-order chi connectivity index (χ0) is 40.9. The first kappa shape index (κ1) is 36.8. The molecule has 0 unspecified atom stereocenters. The smallest absolute Gasteiger partial charge is 0.322 e. The minimum absolute atomic E-state index is 0.0186. The van der Waals surface area contributed by atoms with Crippen molar-refractivity contribution in [2.24, 2.45) is 0 Å². The van der Waals surface area contributed by atoms with Crippen LogP contribution in [0.25, 0.3) is 44.3 Å². The van der Waals surface area contributed by atoms with Crippen molar-refractivity contribution >= 4 is 56.8 Å². The summed E-state index contributed by atoms with van der Waals surface area (Å²) in [6.07, 6.45) is 3.41. The molecule has 4 amide bonds. The molecular formula is C44H34ClFN10O4. The molecule has 2 aliphatic rings. The predicted molar refractivity (Wildman–Crippen MR) is 224 cm³/mol. The van der Waals surface area contributed by atoms with Gasteiger partial charge >= 0.3 is 12.1 Å². The van der Waals surface area contributed by atoms with Crippen LogP contribution in [0.4, 0.5) is 25.4 Å². The van der Waals surface area contributed by atoms with E-state index < -0.39 is 0 Å². The number of nitrogens with zero attached hydrogens (tertiary/aromatic N) is 7. The van der Waals surface area contributed by atoms with Gasteiger partial charge in [-0.05, 0) is 82.9 Å². The SMILES string of the molecule is COc1ccc(-c2nn(COc3ccc(-c4n[nH]c5cc6c(cc45)CN(Cc4cccc(Cl)c4)C(=O)N6)cn3)c3cc4c(cc23)CN(Cc2ccc(F)cc2)C(=O)N4)cn1. The molecule has 0 saturated carbocycles. The van der Waals surface area contributed by atoms with Gasteiger partial charge in [0.15, 0.2) is 6.73 Å². The third kappa shape index (κ3) is 7.04. The average molecular weight is 821 g/mol. The predicted octanol–water partition coefficient (Wildman–Crippen LogP) is 8.97. The summed E-state index contributed by atoms with van der Waals surface area (Å²) in [6.45, 7) is 1.52. The minimum Gasteiger partial charge on any atom is -0.481 e. The molecule has 60 heavy (non-hydrogen) atoms. The van der Waals surface area contributed by atoms with E-state index in [2.05, 4.69) is 30.8 Å². The van der Waals surface area contributed by atoms with Gasteiger partial charge in [-0.3, -0.25) is 5.10 Å². The van der Waals surface area contributed by atoms with E-state index >= 15 is 0 Å². The quantitative estimate of drug-likeness (QED) is 0.124. The lowest BCUT2D eigenvalue weighted by Gasteiger charge is -2.29. The second kappa shape index (κ2) is 15.0. The van der Waals surface area contributed by atoms with Crippen LogP contribution < -0.4 is 20.1 Å². The molecule has 16 heteroatoms. The Labute approximate surface area is 346 Å². The second-order valence-corrected chi connectivity index (χ2v) is 15.0. The van der Waals surface area contributed by atoms with Gasteiger partial charge in [0.1, 0.15) is 17.2 Å². The number of nitrogens with one attached hydrogen (secondary N) is 3. The molecule has 0 radical (unpaired) electrons. The summed E-state index contributed by atoms with van der Waals surface area (Å²) in [5.41, 5.74) is 9.46. The summed E-state index contributed by atoms with van der Waals surface area (Å²) in [5.74, 6) is 0.515. The highest BCUT2D eigenvalue weighted by molar-refractivity contribution is 6.30. The molecule has 0 atom stereocenters. The summed E-state index contributed by atoms with van der Waals surface area (Å²) in [4.78, 5) is 38.6. The number of ether oxygens (including phenoxy) is 2. The van der Waals surface area contributed by atoms with Crippen molar-refractivity contribution in [3.8, 4) is 34.3 Å². The van der Waals surface area contributed by atoms with E-state index in [0.29, 0.717) is 60.0 Å². The van der Waals surface area contributed by atoms with E-state index in [1.54, 1.807) is 58.3 Å². The molecule has 0 spiro atoms. The van der Waals surface area contributed by atoms with Crippen LogP contribution in [0.2, 0.25) is 5.02 Å². The summed E-state index contributed by atoms with van der Waals surface area (Å²) in [5, 5.41) is 21.0. The molecule has 3 N–H and O–H groups in total. The Kier molecular flexibility index (Phi) is 9.21. The second-order valence-electron chi connectivity index (χ2n) is 14.6. The molecular weight excluding hydrogens is 787 g/mol. The van der Waals surface area contributed by atoms with Crippen LogP contribution in [0, 0.1) is 5.82 Å². The highest BCUT2D eigenvalue weighted by atomic mass is 35.5. The van der Waals surface area contributed by atoms with Crippen molar-refractivity contribution in [1.29, 1.82) is 0 Å². The van der Waals surface area contributed by atoms with Crippen LogP contribution in [-0.4, -0.2) is 58.9 Å². The first-order valence-electron chi connectivity index (χ1n) is 19.0. The van der Waals surface area contributed by atoms with Gasteiger partial charge in [0.2, 0.25) is 11.8 Å². The lowest BCUT2D eigenvalue weighted by atomic mass is 10.0. The van der Waals surface area contributed by atoms with Crippen molar-refractivity contribution in [1.82, 2.24) is 39.7 Å². The largest absolute Gasteiger partial charge is 0.481 e. The first-order chi connectivity index (χ1) is 29.2. The molecule has 6 heterocycles. The van der Waals surface area contributed by atoms with E-state index in [-0.39, 0.29) is 24.6 Å². The maximum Gasteiger partial charge on any atom is 0.322 e. The number of halogens is 2. The molecule has 0 aliphatic carbocycles. The van der Waals surface area contributed by atoms with Gasteiger partial charge in [-0.1, -0.05) is 35.9 Å². The number of aromatic amines is 1. The Morgan fingerprint density at radius 1 is 0.733 bits per heavy atom. The number of hydrogen-bond acceptors (Lipinski definition) is 8. The number of hydrogen-bond donors (Lipinski definition) is 3. The van der Waals surface area contributed by atoms with E-state index in [4.69, 9.17) is 26.2 Å². The first-order valence-corrected chi connectivity index (χ1v) is 19.4. The highest BCUT2D eigenvalue weighted by Gasteiger charge is 2.27. The lowest BCUT2D eigenvalue weighted by molar-refractivity contribution is 0.203. The normalized spacial score (nSPS) is 13.6. The van der Waals surface area contributed by atoms with E-state index in [0.717, 1.165) is 60.9 Å². The molecule has 10 rings (SSSR count). The fraction of sp³-hybridized carbons (Fsp3) is 0.136. The minimum atomic E-state index is -0.331. The maximum atomic E-state index is 13.5. The van der Waals surface area contributed by atoms with Gasteiger partial charge in [-0.25, -0.2) is 28.6 Å². The molecule has 298 valence electrons. The van der Waals surface area contributed by atoms with Crippen LogP contribution in [-0.2, 0) is 32.9 Å². The number of rotatable bonds is 10. The Morgan fingerprint density at radius 2 is 1.40 bits per heavy atom. The zero-order valence-electron chi connectivity index (χ0n) is 31.9. The van der Waals surface area contributed by atoms with E-state index in [1.807, 2.05) is 60.7 Å².